The third-order valence-corrected chi connectivity index (χ3v) is 5.63. The van der Waals surface area contributed by atoms with Crippen LogP contribution in [0.3, 0.4) is 0 Å². The fraction of sp³-hybridized carbons (Fsp3) is 0.167. The number of aliphatic hydroxyl groups is 1. The van der Waals surface area contributed by atoms with Crippen LogP contribution in [-0.4, -0.2) is 13.5 Å². The van der Waals surface area contributed by atoms with Crippen molar-refractivity contribution in [2.45, 2.75) is 18.4 Å². The molecule has 1 aromatic heterocycles. The first-order valence-corrected chi connectivity index (χ1v) is 8.25. The van der Waals surface area contributed by atoms with E-state index in [0.717, 1.165) is 17.4 Å². The average molecular weight is 336 g/mol. The summed E-state index contributed by atoms with van der Waals surface area (Å²) >= 11 is 6.75. The molecule has 8 heteroatoms. The summed E-state index contributed by atoms with van der Waals surface area (Å²) in [6, 6.07) is 3.65. The second kappa shape index (κ2) is 5.69. The van der Waals surface area contributed by atoms with E-state index in [0.29, 0.717) is 10.4 Å². The fourth-order valence-corrected chi connectivity index (χ4v) is 4.62. The van der Waals surface area contributed by atoms with Gasteiger partial charge in [0.15, 0.2) is 0 Å². The molecule has 0 spiro atoms. The van der Waals surface area contributed by atoms with Gasteiger partial charge in [-0.1, -0.05) is 11.6 Å². The second-order valence-electron chi connectivity index (χ2n) is 4.06. The van der Waals surface area contributed by atoms with E-state index in [2.05, 4.69) is 4.72 Å². The van der Waals surface area contributed by atoms with Gasteiger partial charge in [-0.25, -0.2) is 12.8 Å². The summed E-state index contributed by atoms with van der Waals surface area (Å²) in [7, 11) is -3.96. The lowest BCUT2D eigenvalue weighted by molar-refractivity contribution is 0.282. The Kier molecular flexibility index (Phi) is 4.33. The van der Waals surface area contributed by atoms with E-state index in [4.69, 9.17) is 11.6 Å². The number of rotatable bonds is 4. The maximum atomic E-state index is 13.6. The van der Waals surface area contributed by atoms with Gasteiger partial charge >= 0.3 is 0 Å². The zero-order valence-electron chi connectivity index (χ0n) is 10.4. The molecule has 0 saturated carbocycles. The number of aliphatic hydroxyl groups excluding tert-OH is 1. The van der Waals surface area contributed by atoms with Crippen LogP contribution in [0.1, 0.15) is 10.4 Å². The summed E-state index contributed by atoms with van der Waals surface area (Å²) < 4.78 is 40.4. The van der Waals surface area contributed by atoms with Crippen LogP contribution in [0.4, 0.5) is 10.1 Å². The molecule has 0 atom stereocenters. The largest absolute Gasteiger partial charge is 0.391 e. The van der Waals surface area contributed by atoms with Gasteiger partial charge in [0, 0.05) is 5.02 Å². The number of sulfonamides is 1. The van der Waals surface area contributed by atoms with E-state index >= 15 is 0 Å². The molecule has 108 valence electrons. The van der Waals surface area contributed by atoms with Gasteiger partial charge in [-0.15, -0.1) is 11.3 Å². The lowest BCUT2D eigenvalue weighted by Gasteiger charge is -2.10. The van der Waals surface area contributed by atoms with Gasteiger partial charge in [0.25, 0.3) is 10.0 Å². The van der Waals surface area contributed by atoms with E-state index in [1.165, 1.54) is 12.1 Å². The van der Waals surface area contributed by atoms with Crippen LogP contribution in [0.25, 0.3) is 0 Å². The Bertz CT molecular complexity index is 743. The van der Waals surface area contributed by atoms with E-state index in [9.17, 15) is 17.9 Å². The fourth-order valence-electron chi connectivity index (χ4n) is 1.73. The molecular formula is C12H11ClFNO3S2. The topological polar surface area (TPSA) is 66.4 Å². The zero-order valence-corrected chi connectivity index (χ0v) is 12.7. The molecule has 0 aliphatic carbocycles. The summed E-state index contributed by atoms with van der Waals surface area (Å²) in [6.07, 6.45) is 0. The Morgan fingerprint density at radius 3 is 2.75 bits per heavy atom. The van der Waals surface area contributed by atoms with Crippen LogP contribution in [-0.2, 0) is 16.6 Å². The molecule has 0 unspecified atom stereocenters. The van der Waals surface area contributed by atoms with Gasteiger partial charge in [0.2, 0.25) is 0 Å². The van der Waals surface area contributed by atoms with Gasteiger partial charge < -0.3 is 5.11 Å². The molecule has 0 aliphatic rings. The summed E-state index contributed by atoms with van der Waals surface area (Å²) in [5.41, 5.74) is 0.310. The first kappa shape index (κ1) is 15.2. The molecule has 4 nitrogen and oxygen atoms in total. The monoisotopic (exact) mass is 335 g/mol. The number of thiophene rings is 1. The van der Waals surface area contributed by atoms with Crippen LogP contribution < -0.4 is 4.72 Å². The van der Waals surface area contributed by atoms with Gasteiger partial charge in [0.1, 0.15) is 10.7 Å². The van der Waals surface area contributed by atoms with Gasteiger partial charge in [-0.3, -0.25) is 4.72 Å². The van der Waals surface area contributed by atoms with Crippen molar-refractivity contribution in [1.29, 1.82) is 0 Å². The molecule has 2 N–H and O–H groups in total. The molecule has 0 amide bonds. The van der Waals surface area contributed by atoms with E-state index in [1.807, 2.05) is 0 Å². The Morgan fingerprint density at radius 1 is 1.45 bits per heavy atom. The summed E-state index contributed by atoms with van der Waals surface area (Å²) in [5.74, 6) is -0.764. The lowest BCUT2D eigenvalue weighted by Crippen LogP contribution is -2.15. The molecule has 2 rings (SSSR count). The second-order valence-corrected chi connectivity index (χ2v) is 7.08. The number of anilines is 1. The van der Waals surface area contributed by atoms with Gasteiger partial charge in [-0.05, 0) is 36.1 Å². The number of halogens is 2. The number of hydrogen-bond donors (Lipinski definition) is 2. The summed E-state index contributed by atoms with van der Waals surface area (Å²) in [5, 5.41) is 11.0. The quantitative estimate of drug-likeness (QED) is 0.902. The Labute approximate surface area is 124 Å². The van der Waals surface area contributed by atoms with Crippen LogP contribution in [0, 0.1) is 12.7 Å². The van der Waals surface area contributed by atoms with Crippen molar-refractivity contribution in [3.05, 3.63) is 44.9 Å². The van der Waals surface area contributed by atoms with Crippen LogP contribution in [0.2, 0.25) is 5.02 Å². The smallest absolute Gasteiger partial charge is 0.263 e. The molecule has 1 aromatic carbocycles. The minimum Gasteiger partial charge on any atom is -0.391 e. The van der Waals surface area contributed by atoms with Crippen LogP contribution in [0.15, 0.2) is 28.5 Å². The first-order valence-electron chi connectivity index (χ1n) is 5.51. The molecule has 0 fully saturated rings. The molecule has 1 heterocycles. The Balaban J connectivity index is 2.43. The number of benzene rings is 1. The zero-order chi connectivity index (χ0) is 14.9. The van der Waals surface area contributed by atoms with E-state index in [1.54, 1.807) is 12.3 Å². The lowest BCUT2D eigenvalue weighted by atomic mass is 10.3. The van der Waals surface area contributed by atoms with Crippen molar-refractivity contribution >= 4 is 38.6 Å². The van der Waals surface area contributed by atoms with Gasteiger partial charge in [0.05, 0.1) is 17.2 Å². The van der Waals surface area contributed by atoms with Crippen molar-refractivity contribution in [1.82, 2.24) is 0 Å². The highest BCUT2D eigenvalue weighted by Gasteiger charge is 2.23. The molecule has 20 heavy (non-hydrogen) atoms. The number of hydrogen-bond acceptors (Lipinski definition) is 4. The van der Waals surface area contributed by atoms with Crippen molar-refractivity contribution in [2.24, 2.45) is 0 Å². The molecule has 0 bridgehead atoms. The van der Waals surface area contributed by atoms with Crippen molar-refractivity contribution in [2.75, 3.05) is 4.72 Å². The predicted molar refractivity (Wildman–Crippen MR) is 77.2 cm³/mol. The normalized spacial score (nSPS) is 11.6. The highest BCUT2D eigenvalue weighted by molar-refractivity contribution is 7.93. The first-order chi connectivity index (χ1) is 9.35. The molecule has 0 saturated heterocycles. The third kappa shape index (κ3) is 2.95. The average Bonchev–Trinajstić information content (AvgIpc) is 2.75. The van der Waals surface area contributed by atoms with Crippen molar-refractivity contribution in [3.8, 4) is 0 Å². The van der Waals surface area contributed by atoms with Crippen LogP contribution >= 0.6 is 22.9 Å². The standard InChI is InChI=1S/C12H11ClFNO3S2/c1-7-6-19-11(5-16)12(7)20(17,18)15-10-3-2-8(13)4-9(10)14/h2-4,6,15-16H,5H2,1H3. The third-order valence-electron chi connectivity index (χ3n) is 2.58. The highest BCUT2D eigenvalue weighted by Crippen LogP contribution is 2.29. The van der Waals surface area contributed by atoms with E-state index in [-0.39, 0.29) is 15.6 Å². The van der Waals surface area contributed by atoms with E-state index < -0.39 is 22.4 Å². The summed E-state index contributed by atoms with van der Waals surface area (Å²) in [4.78, 5) is 0.295. The van der Waals surface area contributed by atoms with Gasteiger partial charge in [-0.2, -0.15) is 0 Å². The Morgan fingerprint density at radius 2 is 2.15 bits per heavy atom. The molecule has 0 radical (unpaired) electrons. The van der Waals surface area contributed by atoms with Crippen LogP contribution in [0.5, 0.6) is 0 Å². The SMILES string of the molecule is Cc1csc(CO)c1S(=O)(=O)Nc1ccc(Cl)cc1F. The molecular weight excluding hydrogens is 325 g/mol. The van der Waals surface area contributed by atoms with Crippen molar-refractivity contribution < 1.29 is 17.9 Å². The predicted octanol–water partition coefficient (Wildman–Crippen LogP) is 3.14. The number of aryl methyl sites for hydroxylation is 1. The summed E-state index contributed by atoms with van der Waals surface area (Å²) in [6.45, 7) is 1.22. The molecule has 0 aliphatic heterocycles. The maximum absolute atomic E-state index is 13.6. The molecule has 2 aromatic rings. The number of nitrogens with one attached hydrogen (secondary N) is 1. The Hall–Kier alpha value is -1.15. The van der Waals surface area contributed by atoms with Crippen molar-refractivity contribution in [3.63, 3.8) is 0 Å². The maximum Gasteiger partial charge on any atom is 0.263 e. The highest BCUT2D eigenvalue weighted by atomic mass is 35.5. The minimum absolute atomic E-state index is 0.0145. The minimum atomic E-state index is -3.96.